The molecular formula is C15H18F3NO5. The number of hydrogen-bond acceptors (Lipinski definition) is 4. The van der Waals surface area contributed by atoms with Crippen molar-refractivity contribution in [2.75, 3.05) is 13.7 Å². The molecule has 24 heavy (non-hydrogen) atoms. The van der Waals surface area contributed by atoms with Gasteiger partial charge in [-0.2, -0.15) is 13.2 Å². The van der Waals surface area contributed by atoms with Gasteiger partial charge in [-0.15, -0.1) is 0 Å². The van der Waals surface area contributed by atoms with Crippen molar-refractivity contribution in [3.8, 4) is 11.5 Å². The molecule has 0 aliphatic carbocycles. The van der Waals surface area contributed by atoms with Gasteiger partial charge in [-0.25, -0.2) is 4.79 Å². The van der Waals surface area contributed by atoms with Crippen molar-refractivity contribution in [1.82, 2.24) is 5.32 Å². The number of nitrogens with one attached hydrogen (secondary N) is 1. The number of benzene rings is 1. The molecule has 1 aromatic carbocycles. The first-order chi connectivity index (χ1) is 11.2. The Kier molecular flexibility index (Phi) is 6.87. The molecule has 0 saturated carbocycles. The number of methoxy groups -OCH3 is 1. The van der Waals surface area contributed by atoms with E-state index < -0.39 is 30.5 Å². The summed E-state index contributed by atoms with van der Waals surface area (Å²) in [6.07, 6.45) is -5.75. The number of ether oxygens (including phenoxy) is 2. The summed E-state index contributed by atoms with van der Waals surface area (Å²) < 4.78 is 47.6. The topological polar surface area (TPSA) is 84.9 Å². The number of carbonyl (C=O) groups excluding carboxylic acids is 1. The largest absolute Gasteiger partial charge is 0.497 e. The van der Waals surface area contributed by atoms with E-state index in [9.17, 15) is 22.8 Å². The summed E-state index contributed by atoms with van der Waals surface area (Å²) in [4.78, 5) is 23.1. The molecule has 0 heterocycles. The molecule has 0 saturated heterocycles. The molecule has 0 bridgehead atoms. The predicted molar refractivity (Wildman–Crippen MR) is 78.3 cm³/mol. The van der Waals surface area contributed by atoms with Gasteiger partial charge in [0.05, 0.1) is 25.7 Å². The molecule has 0 fully saturated rings. The Bertz CT molecular complexity index is 589. The van der Waals surface area contributed by atoms with Crippen LogP contribution in [0.4, 0.5) is 13.2 Å². The maximum absolute atomic E-state index is 12.4. The molecule has 0 spiro atoms. The summed E-state index contributed by atoms with van der Waals surface area (Å²) in [7, 11) is 1.41. The van der Waals surface area contributed by atoms with Gasteiger partial charge in [0.1, 0.15) is 17.5 Å². The highest BCUT2D eigenvalue weighted by Gasteiger charge is 2.36. The minimum Gasteiger partial charge on any atom is -0.497 e. The molecule has 2 N–H and O–H groups in total. The van der Waals surface area contributed by atoms with Crippen LogP contribution in [0, 0.1) is 0 Å². The normalized spacial score (nSPS) is 12.4. The van der Waals surface area contributed by atoms with Crippen molar-refractivity contribution in [1.29, 1.82) is 0 Å². The molecule has 9 heteroatoms. The van der Waals surface area contributed by atoms with E-state index in [0.29, 0.717) is 12.2 Å². The van der Waals surface area contributed by atoms with E-state index in [1.54, 1.807) is 0 Å². The van der Waals surface area contributed by atoms with E-state index in [4.69, 9.17) is 14.6 Å². The molecule has 0 aromatic heterocycles. The number of carboxylic acid groups (broad SMARTS) is 1. The SMILES string of the molecule is CCCOc1cc(OC)ccc1C(=O)NC(CC(F)(F)F)C(=O)O. The van der Waals surface area contributed by atoms with Crippen molar-refractivity contribution in [2.45, 2.75) is 32.0 Å². The van der Waals surface area contributed by atoms with Gasteiger partial charge >= 0.3 is 12.1 Å². The molecule has 1 unspecified atom stereocenters. The van der Waals surface area contributed by atoms with Crippen LogP contribution < -0.4 is 14.8 Å². The van der Waals surface area contributed by atoms with Crippen LogP contribution in [0.25, 0.3) is 0 Å². The third-order valence-electron chi connectivity index (χ3n) is 2.93. The Labute approximate surface area is 136 Å². The number of hydrogen-bond donors (Lipinski definition) is 2. The van der Waals surface area contributed by atoms with Crippen LogP contribution in [0.1, 0.15) is 30.1 Å². The van der Waals surface area contributed by atoms with Crippen LogP contribution in [-0.4, -0.2) is 42.9 Å². The van der Waals surface area contributed by atoms with Crippen LogP contribution in [0.2, 0.25) is 0 Å². The first kappa shape index (κ1) is 19.6. The minimum atomic E-state index is -4.72. The molecule has 1 rings (SSSR count). The second-order valence-corrected chi connectivity index (χ2v) is 4.89. The van der Waals surface area contributed by atoms with Gasteiger partial charge in [0, 0.05) is 6.07 Å². The Morgan fingerprint density at radius 1 is 1.33 bits per heavy atom. The highest BCUT2D eigenvalue weighted by atomic mass is 19.4. The van der Waals surface area contributed by atoms with Gasteiger partial charge in [-0.05, 0) is 18.6 Å². The second-order valence-electron chi connectivity index (χ2n) is 4.89. The standard InChI is InChI=1S/C15H18F3NO5/c1-3-6-24-12-7-9(23-2)4-5-10(12)13(20)19-11(14(21)22)8-15(16,17)18/h4-5,7,11H,3,6,8H2,1-2H3,(H,19,20)(H,21,22). The fourth-order valence-corrected chi connectivity index (χ4v) is 1.82. The summed E-state index contributed by atoms with van der Waals surface area (Å²) in [5.74, 6) is -2.25. The fraction of sp³-hybridized carbons (Fsp3) is 0.467. The van der Waals surface area contributed by atoms with Gasteiger partial charge in [0.15, 0.2) is 0 Å². The Hall–Kier alpha value is -2.45. The van der Waals surface area contributed by atoms with E-state index in [1.807, 2.05) is 12.2 Å². The smallest absolute Gasteiger partial charge is 0.391 e. The molecule has 0 radical (unpaired) electrons. The van der Waals surface area contributed by atoms with E-state index in [2.05, 4.69) is 0 Å². The average Bonchev–Trinajstić information content (AvgIpc) is 2.50. The van der Waals surface area contributed by atoms with E-state index in [-0.39, 0.29) is 17.9 Å². The number of alkyl halides is 3. The number of aliphatic carboxylic acids is 1. The number of halogens is 3. The van der Waals surface area contributed by atoms with Gasteiger partial charge in [-0.3, -0.25) is 4.79 Å². The molecule has 0 aliphatic heterocycles. The lowest BCUT2D eigenvalue weighted by Gasteiger charge is -2.18. The Morgan fingerprint density at radius 2 is 2.00 bits per heavy atom. The van der Waals surface area contributed by atoms with Crippen LogP contribution >= 0.6 is 0 Å². The zero-order valence-corrected chi connectivity index (χ0v) is 13.1. The van der Waals surface area contributed by atoms with E-state index in [1.165, 1.54) is 25.3 Å². The number of rotatable bonds is 8. The lowest BCUT2D eigenvalue weighted by molar-refractivity contribution is -0.157. The van der Waals surface area contributed by atoms with Gasteiger partial charge in [0.2, 0.25) is 0 Å². The first-order valence-corrected chi connectivity index (χ1v) is 7.09. The molecular weight excluding hydrogens is 331 g/mol. The minimum absolute atomic E-state index is 0.0716. The average molecular weight is 349 g/mol. The monoisotopic (exact) mass is 349 g/mol. The zero-order valence-electron chi connectivity index (χ0n) is 13.1. The highest BCUT2D eigenvalue weighted by Crippen LogP contribution is 2.26. The zero-order chi connectivity index (χ0) is 18.3. The summed E-state index contributed by atoms with van der Waals surface area (Å²) in [5.41, 5.74) is -0.0716. The Morgan fingerprint density at radius 3 is 2.50 bits per heavy atom. The number of carboxylic acids is 1. The van der Waals surface area contributed by atoms with Gasteiger partial charge < -0.3 is 19.9 Å². The van der Waals surface area contributed by atoms with Crippen molar-refractivity contribution >= 4 is 11.9 Å². The highest BCUT2D eigenvalue weighted by molar-refractivity contribution is 5.99. The van der Waals surface area contributed by atoms with Crippen molar-refractivity contribution in [2.24, 2.45) is 0 Å². The van der Waals surface area contributed by atoms with E-state index in [0.717, 1.165) is 0 Å². The van der Waals surface area contributed by atoms with Crippen LogP contribution in [0.15, 0.2) is 18.2 Å². The molecule has 1 amide bonds. The third kappa shape index (κ3) is 5.98. The summed E-state index contributed by atoms with van der Waals surface area (Å²) in [6.45, 7) is 2.11. The van der Waals surface area contributed by atoms with Crippen molar-refractivity contribution < 1.29 is 37.3 Å². The van der Waals surface area contributed by atoms with Crippen LogP contribution in [0.3, 0.4) is 0 Å². The molecule has 1 aromatic rings. The van der Waals surface area contributed by atoms with Crippen molar-refractivity contribution in [3.63, 3.8) is 0 Å². The third-order valence-corrected chi connectivity index (χ3v) is 2.93. The number of carbonyl (C=O) groups is 2. The predicted octanol–water partition coefficient (Wildman–Crippen LogP) is 2.62. The van der Waals surface area contributed by atoms with Gasteiger partial charge in [-0.1, -0.05) is 6.92 Å². The first-order valence-electron chi connectivity index (χ1n) is 7.09. The summed E-state index contributed by atoms with van der Waals surface area (Å²) >= 11 is 0. The quantitative estimate of drug-likeness (QED) is 0.754. The molecule has 134 valence electrons. The number of amides is 1. The lowest BCUT2D eigenvalue weighted by Crippen LogP contribution is -2.43. The van der Waals surface area contributed by atoms with E-state index >= 15 is 0 Å². The maximum Gasteiger partial charge on any atom is 0.391 e. The van der Waals surface area contributed by atoms with Crippen LogP contribution in [0.5, 0.6) is 11.5 Å². The fourth-order valence-electron chi connectivity index (χ4n) is 1.82. The lowest BCUT2D eigenvalue weighted by atomic mass is 10.1. The Balaban J connectivity index is 3.01. The van der Waals surface area contributed by atoms with Crippen molar-refractivity contribution in [3.05, 3.63) is 23.8 Å². The summed E-state index contributed by atoms with van der Waals surface area (Å²) in [6, 6.07) is 2.04. The molecule has 1 atom stereocenters. The maximum atomic E-state index is 12.4. The molecule has 6 nitrogen and oxygen atoms in total. The van der Waals surface area contributed by atoms with Crippen LogP contribution in [-0.2, 0) is 4.79 Å². The molecule has 0 aliphatic rings. The second kappa shape index (κ2) is 8.42. The van der Waals surface area contributed by atoms with Gasteiger partial charge in [0.25, 0.3) is 5.91 Å². The summed E-state index contributed by atoms with van der Waals surface area (Å²) in [5, 5.41) is 10.7.